The minimum Gasteiger partial charge on any atom is -0.316 e. The molecule has 0 aromatic heterocycles. The van der Waals surface area contributed by atoms with E-state index in [1.165, 1.54) is 109 Å². The SMILES string of the molecule is C1CCC(CCCNCC2CCCCC2)CC1.CCCCC. The fourth-order valence-electron chi connectivity index (χ4n) is 4.04. The van der Waals surface area contributed by atoms with Gasteiger partial charge in [-0.05, 0) is 50.6 Å². The third kappa shape index (κ3) is 10.6. The highest BCUT2D eigenvalue weighted by molar-refractivity contribution is 4.69. The van der Waals surface area contributed by atoms with Crippen LogP contribution < -0.4 is 5.32 Å². The molecule has 0 heterocycles. The van der Waals surface area contributed by atoms with Crippen LogP contribution in [0.25, 0.3) is 0 Å². The van der Waals surface area contributed by atoms with Crippen molar-refractivity contribution in [3.05, 3.63) is 0 Å². The van der Waals surface area contributed by atoms with Crippen LogP contribution in [-0.2, 0) is 0 Å². The van der Waals surface area contributed by atoms with Crippen LogP contribution in [0, 0.1) is 11.8 Å². The second-order valence-electron chi connectivity index (χ2n) is 7.71. The van der Waals surface area contributed by atoms with E-state index in [0.717, 1.165) is 11.8 Å². The second-order valence-corrected chi connectivity index (χ2v) is 7.71. The van der Waals surface area contributed by atoms with Gasteiger partial charge in [-0.3, -0.25) is 0 Å². The molecule has 2 aliphatic carbocycles. The molecule has 2 rings (SSSR count). The van der Waals surface area contributed by atoms with Gasteiger partial charge in [0.1, 0.15) is 0 Å². The zero-order valence-corrected chi connectivity index (χ0v) is 15.7. The molecule has 132 valence electrons. The van der Waals surface area contributed by atoms with Crippen LogP contribution in [0.15, 0.2) is 0 Å². The van der Waals surface area contributed by atoms with E-state index < -0.39 is 0 Å². The fraction of sp³-hybridized carbons (Fsp3) is 1.00. The normalized spacial score (nSPS) is 20.5. The van der Waals surface area contributed by atoms with E-state index in [0.29, 0.717) is 0 Å². The lowest BCUT2D eigenvalue weighted by atomic mass is 9.86. The Morgan fingerprint density at radius 1 is 0.682 bits per heavy atom. The molecule has 0 unspecified atom stereocenters. The maximum Gasteiger partial charge on any atom is -0.00205 e. The maximum absolute atomic E-state index is 3.69. The predicted molar refractivity (Wildman–Crippen MR) is 100 cm³/mol. The summed E-state index contributed by atoms with van der Waals surface area (Å²) in [5.41, 5.74) is 0. The molecule has 1 N–H and O–H groups in total. The van der Waals surface area contributed by atoms with Gasteiger partial charge in [0.15, 0.2) is 0 Å². The molecule has 1 heteroatoms. The molecule has 0 saturated heterocycles. The Morgan fingerprint density at radius 2 is 1.23 bits per heavy atom. The molecule has 0 spiro atoms. The van der Waals surface area contributed by atoms with Gasteiger partial charge in [0.2, 0.25) is 0 Å². The minimum absolute atomic E-state index is 0.999. The fourth-order valence-corrected chi connectivity index (χ4v) is 4.04. The van der Waals surface area contributed by atoms with Crippen LogP contribution in [0.5, 0.6) is 0 Å². The average Bonchev–Trinajstić information content (AvgIpc) is 2.58. The highest BCUT2D eigenvalue weighted by Crippen LogP contribution is 2.27. The molecule has 2 fully saturated rings. The topological polar surface area (TPSA) is 12.0 Å². The van der Waals surface area contributed by atoms with Crippen molar-refractivity contribution >= 4 is 0 Å². The lowest BCUT2D eigenvalue weighted by Crippen LogP contribution is -2.25. The summed E-state index contributed by atoms with van der Waals surface area (Å²) in [4.78, 5) is 0. The first kappa shape index (κ1) is 20.0. The zero-order valence-electron chi connectivity index (χ0n) is 15.7. The first-order valence-corrected chi connectivity index (χ1v) is 10.6. The van der Waals surface area contributed by atoms with E-state index >= 15 is 0 Å². The van der Waals surface area contributed by atoms with Crippen LogP contribution in [0.1, 0.15) is 110 Å². The molecular formula is C21H43N. The smallest absolute Gasteiger partial charge is 0.00205 e. The molecule has 2 aliphatic rings. The first-order valence-electron chi connectivity index (χ1n) is 10.6. The third-order valence-electron chi connectivity index (χ3n) is 5.56. The average molecular weight is 310 g/mol. The zero-order chi connectivity index (χ0) is 15.9. The Balaban J connectivity index is 0.000000422. The molecule has 0 aromatic carbocycles. The van der Waals surface area contributed by atoms with E-state index in [1.54, 1.807) is 0 Å². The number of unbranched alkanes of at least 4 members (excludes halogenated alkanes) is 2. The molecule has 2 saturated carbocycles. The largest absolute Gasteiger partial charge is 0.316 e. The Bertz CT molecular complexity index is 192. The maximum atomic E-state index is 3.69. The third-order valence-corrected chi connectivity index (χ3v) is 5.56. The lowest BCUT2D eigenvalue weighted by molar-refractivity contribution is 0.319. The summed E-state index contributed by atoms with van der Waals surface area (Å²) < 4.78 is 0. The quantitative estimate of drug-likeness (QED) is 0.491. The van der Waals surface area contributed by atoms with Crippen molar-refractivity contribution in [2.24, 2.45) is 11.8 Å². The molecule has 0 atom stereocenters. The number of hydrogen-bond donors (Lipinski definition) is 1. The monoisotopic (exact) mass is 309 g/mol. The van der Waals surface area contributed by atoms with Gasteiger partial charge in [0.25, 0.3) is 0 Å². The van der Waals surface area contributed by atoms with Gasteiger partial charge in [0.05, 0.1) is 0 Å². The minimum atomic E-state index is 0.999. The van der Waals surface area contributed by atoms with Crippen molar-refractivity contribution in [1.82, 2.24) is 5.32 Å². The molecular weight excluding hydrogens is 266 g/mol. The van der Waals surface area contributed by atoms with Crippen LogP contribution in [-0.4, -0.2) is 13.1 Å². The van der Waals surface area contributed by atoms with Crippen molar-refractivity contribution in [3.8, 4) is 0 Å². The van der Waals surface area contributed by atoms with Gasteiger partial charge >= 0.3 is 0 Å². The van der Waals surface area contributed by atoms with Crippen LogP contribution in [0.2, 0.25) is 0 Å². The van der Waals surface area contributed by atoms with Crippen molar-refractivity contribution in [2.75, 3.05) is 13.1 Å². The highest BCUT2D eigenvalue weighted by atomic mass is 14.9. The summed E-state index contributed by atoms with van der Waals surface area (Å²) >= 11 is 0. The summed E-state index contributed by atoms with van der Waals surface area (Å²) in [6.45, 7) is 6.99. The van der Waals surface area contributed by atoms with Crippen molar-refractivity contribution in [2.45, 2.75) is 110 Å². The number of hydrogen-bond acceptors (Lipinski definition) is 1. The molecule has 22 heavy (non-hydrogen) atoms. The Kier molecular flexibility index (Phi) is 13.2. The molecule has 0 amide bonds. The van der Waals surface area contributed by atoms with Gasteiger partial charge in [-0.1, -0.05) is 84.5 Å². The van der Waals surface area contributed by atoms with Gasteiger partial charge in [0, 0.05) is 0 Å². The summed E-state index contributed by atoms with van der Waals surface area (Å²) in [5, 5.41) is 3.69. The summed E-state index contributed by atoms with van der Waals surface area (Å²) in [6.07, 6.45) is 21.9. The molecule has 1 nitrogen and oxygen atoms in total. The van der Waals surface area contributed by atoms with Gasteiger partial charge < -0.3 is 5.32 Å². The van der Waals surface area contributed by atoms with E-state index in [1.807, 2.05) is 0 Å². The Morgan fingerprint density at radius 3 is 1.73 bits per heavy atom. The highest BCUT2D eigenvalue weighted by Gasteiger charge is 2.14. The Hall–Kier alpha value is -0.0400. The van der Waals surface area contributed by atoms with Crippen molar-refractivity contribution in [1.29, 1.82) is 0 Å². The molecule has 0 bridgehead atoms. The van der Waals surface area contributed by atoms with Crippen LogP contribution in [0.3, 0.4) is 0 Å². The first-order chi connectivity index (χ1) is 10.9. The van der Waals surface area contributed by atoms with E-state index in [2.05, 4.69) is 19.2 Å². The van der Waals surface area contributed by atoms with Gasteiger partial charge in [-0.15, -0.1) is 0 Å². The summed E-state index contributed by atoms with van der Waals surface area (Å²) in [7, 11) is 0. The van der Waals surface area contributed by atoms with Gasteiger partial charge in [-0.2, -0.15) is 0 Å². The van der Waals surface area contributed by atoms with E-state index in [4.69, 9.17) is 0 Å². The van der Waals surface area contributed by atoms with Crippen LogP contribution >= 0.6 is 0 Å². The standard InChI is InChI=1S/C16H31N.C5H12/c1-3-8-15(9-4-1)12-7-13-17-14-16-10-5-2-6-11-16;1-3-5-4-2/h15-17H,1-14H2;3-5H2,1-2H3. The van der Waals surface area contributed by atoms with Gasteiger partial charge in [-0.25, -0.2) is 0 Å². The number of rotatable bonds is 8. The summed E-state index contributed by atoms with van der Waals surface area (Å²) in [5.74, 6) is 2.07. The second kappa shape index (κ2) is 14.5. The predicted octanol–water partition coefficient (Wildman–Crippen LogP) is 6.71. The van der Waals surface area contributed by atoms with E-state index in [-0.39, 0.29) is 0 Å². The number of nitrogens with one attached hydrogen (secondary N) is 1. The van der Waals surface area contributed by atoms with Crippen molar-refractivity contribution < 1.29 is 0 Å². The Labute approximate surface area is 141 Å². The molecule has 0 aromatic rings. The van der Waals surface area contributed by atoms with Crippen molar-refractivity contribution in [3.63, 3.8) is 0 Å². The molecule has 0 radical (unpaired) electrons. The summed E-state index contributed by atoms with van der Waals surface area (Å²) in [6, 6.07) is 0. The van der Waals surface area contributed by atoms with Crippen LogP contribution in [0.4, 0.5) is 0 Å². The molecule has 0 aliphatic heterocycles. The lowest BCUT2D eigenvalue weighted by Gasteiger charge is -2.23. The van der Waals surface area contributed by atoms with E-state index in [9.17, 15) is 0 Å².